The number of fused-ring (bicyclic) bond motifs is 2. The lowest BCUT2D eigenvalue weighted by molar-refractivity contribution is 0.0652. The Labute approximate surface area is 187 Å². The van der Waals surface area contributed by atoms with Crippen molar-refractivity contribution in [1.82, 2.24) is 24.6 Å². The highest BCUT2D eigenvalue weighted by atomic mass is 32.2. The molecule has 160 valence electrons. The minimum atomic E-state index is -0.308. The average molecular weight is 447 g/mol. The molecule has 4 aromatic rings. The van der Waals surface area contributed by atoms with Crippen LogP contribution in [0.2, 0.25) is 0 Å². The first kappa shape index (κ1) is 20.3. The summed E-state index contributed by atoms with van der Waals surface area (Å²) in [6, 6.07) is 13.0. The number of halogens is 1. The minimum Gasteiger partial charge on any atom is -0.274 e. The van der Waals surface area contributed by atoms with Gasteiger partial charge in [0, 0.05) is 6.54 Å². The van der Waals surface area contributed by atoms with Crippen LogP contribution in [0.3, 0.4) is 0 Å². The second-order valence-electron chi connectivity index (χ2n) is 7.31. The number of hydrogen-bond donors (Lipinski definition) is 0. The molecule has 32 heavy (non-hydrogen) atoms. The van der Waals surface area contributed by atoms with Crippen LogP contribution in [0.4, 0.5) is 4.39 Å². The van der Waals surface area contributed by atoms with Crippen LogP contribution in [-0.4, -0.2) is 48.8 Å². The van der Waals surface area contributed by atoms with Gasteiger partial charge in [0.15, 0.2) is 5.65 Å². The van der Waals surface area contributed by atoms with Crippen molar-refractivity contribution in [3.05, 3.63) is 78.0 Å². The summed E-state index contributed by atoms with van der Waals surface area (Å²) in [6.45, 7) is 0.397. The fourth-order valence-corrected chi connectivity index (χ4v) is 4.65. The van der Waals surface area contributed by atoms with Gasteiger partial charge in [-0.3, -0.25) is 14.5 Å². The second-order valence-corrected chi connectivity index (χ2v) is 8.40. The SMILES string of the molecule is O=C1c2ccccc2C(=O)N1CCCCSc1ncnc2c1cnn2-c1ccc(F)cc1. The van der Waals surface area contributed by atoms with Gasteiger partial charge in [0.1, 0.15) is 17.2 Å². The van der Waals surface area contributed by atoms with E-state index in [0.29, 0.717) is 29.7 Å². The molecule has 0 saturated carbocycles. The first-order chi connectivity index (χ1) is 15.6. The predicted molar refractivity (Wildman–Crippen MR) is 118 cm³/mol. The number of carbonyl (C=O) groups is 2. The van der Waals surface area contributed by atoms with Gasteiger partial charge in [0.25, 0.3) is 11.8 Å². The third-order valence-electron chi connectivity index (χ3n) is 5.29. The summed E-state index contributed by atoms with van der Waals surface area (Å²) < 4.78 is 14.9. The number of thioether (sulfide) groups is 1. The zero-order valence-electron chi connectivity index (χ0n) is 16.9. The predicted octanol–water partition coefficient (Wildman–Crippen LogP) is 4.12. The number of hydrogen-bond acceptors (Lipinski definition) is 6. The van der Waals surface area contributed by atoms with Gasteiger partial charge in [-0.2, -0.15) is 5.10 Å². The molecule has 2 amide bonds. The Balaban J connectivity index is 1.20. The zero-order chi connectivity index (χ0) is 22.1. The van der Waals surface area contributed by atoms with Crippen molar-refractivity contribution < 1.29 is 14.0 Å². The maximum absolute atomic E-state index is 13.2. The molecule has 1 aliphatic rings. The minimum absolute atomic E-state index is 0.219. The Kier molecular flexibility index (Phi) is 5.40. The number of nitrogens with zero attached hydrogens (tertiary/aromatic N) is 5. The second kappa shape index (κ2) is 8.51. The Morgan fingerprint density at radius 1 is 0.906 bits per heavy atom. The highest BCUT2D eigenvalue weighted by molar-refractivity contribution is 7.99. The number of imide groups is 1. The van der Waals surface area contributed by atoms with E-state index < -0.39 is 0 Å². The molecular formula is C23H18FN5O2S. The van der Waals surface area contributed by atoms with Crippen LogP contribution in [0.25, 0.3) is 16.7 Å². The third kappa shape index (κ3) is 3.64. The average Bonchev–Trinajstić information content (AvgIpc) is 3.35. The molecule has 0 saturated heterocycles. The summed E-state index contributed by atoms with van der Waals surface area (Å²) in [4.78, 5) is 34.9. The Morgan fingerprint density at radius 2 is 1.62 bits per heavy atom. The van der Waals surface area contributed by atoms with Crippen LogP contribution in [0, 0.1) is 5.82 Å². The van der Waals surface area contributed by atoms with Gasteiger partial charge < -0.3 is 0 Å². The molecule has 0 aliphatic carbocycles. The monoisotopic (exact) mass is 447 g/mol. The van der Waals surface area contributed by atoms with Gasteiger partial charge in [0.05, 0.1) is 28.4 Å². The molecule has 2 aromatic carbocycles. The van der Waals surface area contributed by atoms with Gasteiger partial charge in [-0.05, 0) is 55.0 Å². The molecule has 1 aliphatic heterocycles. The van der Waals surface area contributed by atoms with Crippen molar-refractivity contribution in [2.75, 3.05) is 12.3 Å². The van der Waals surface area contributed by atoms with E-state index in [1.807, 2.05) is 0 Å². The molecule has 3 heterocycles. The summed E-state index contributed by atoms with van der Waals surface area (Å²) in [5.74, 6) is 0.0297. The molecule has 0 atom stereocenters. The molecule has 0 unspecified atom stereocenters. The molecular weight excluding hydrogens is 429 g/mol. The van der Waals surface area contributed by atoms with E-state index in [2.05, 4.69) is 15.1 Å². The van der Waals surface area contributed by atoms with E-state index in [4.69, 9.17) is 0 Å². The molecule has 2 aromatic heterocycles. The first-order valence-electron chi connectivity index (χ1n) is 10.2. The topological polar surface area (TPSA) is 81.0 Å². The van der Waals surface area contributed by atoms with Gasteiger partial charge in [-0.15, -0.1) is 11.8 Å². The van der Waals surface area contributed by atoms with Crippen molar-refractivity contribution in [2.45, 2.75) is 17.9 Å². The maximum Gasteiger partial charge on any atom is 0.261 e. The standard InChI is InChI=1S/C23H18FN5O2S/c24-15-7-9-16(10-8-15)29-20-19(13-27-29)21(26-14-25-20)32-12-4-3-11-28-22(30)17-5-1-2-6-18(17)23(28)31/h1-2,5-10,13-14H,3-4,11-12H2. The quantitative estimate of drug-likeness (QED) is 0.183. The van der Waals surface area contributed by atoms with Crippen molar-refractivity contribution >= 4 is 34.6 Å². The zero-order valence-corrected chi connectivity index (χ0v) is 17.8. The van der Waals surface area contributed by atoms with Crippen LogP contribution in [0.1, 0.15) is 33.6 Å². The normalized spacial score (nSPS) is 13.2. The van der Waals surface area contributed by atoms with E-state index in [-0.39, 0.29) is 17.6 Å². The number of rotatable bonds is 7. The van der Waals surface area contributed by atoms with E-state index in [1.54, 1.807) is 59.0 Å². The third-order valence-corrected chi connectivity index (χ3v) is 6.39. The molecule has 0 spiro atoms. The highest BCUT2D eigenvalue weighted by Crippen LogP contribution is 2.27. The van der Waals surface area contributed by atoms with Gasteiger partial charge >= 0.3 is 0 Å². The summed E-state index contributed by atoms with van der Waals surface area (Å²) in [5.41, 5.74) is 2.33. The lowest BCUT2D eigenvalue weighted by Gasteiger charge is -2.13. The van der Waals surface area contributed by atoms with Crippen molar-refractivity contribution in [2.24, 2.45) is 0 Å². The lowest BCUT2D eigenvalue weighted by Crippen LogP contribution is -2.30. The molecule has 0 bridgehead atoms. The fourth-order valence-electron chi connectivity index (χ4n) is 3.69. The van der Waals surface area contributed by atoms with Gasteiger partial charge in [-0.25, -0.2) is 19.0 Å². The maximum atomic E-state index is 13.2. The number of benzene rings is 2. The van der Waals surface area contributed by atoms with Crippen LogP contribution in [-0.2, 0) is 0 Å². The fraction of sp³-hybridized carbons (Fsp3) is 0.174. The first-order valence-corrected chi connectivity index (χ1v) is 11.1. The van der Waals surface area contributed by atoms with Crippen molar-refractivity contribution in [3.8, 4) is 5.69 Å². The summed E-state index contributed by atoms with van der Waals surface area (Å²) in [7, 11) is 0. The molecule has 0 N–H and O–H groups in total. The summed E-state index contributed by atoms with van der Waals surface area (Å²) in [6.07, 6.45) is 4.72. The highest BCUT2D eigenvalue weighted by Gasteiger charge is 2.34. The Hall–Kier alpha value is -3.59. The Bertz CT molecular complexity index is 1290. The summed E-state index contributed by atoms with van der Waals surface area (Å²) >= 11 is 1.58. The van der Waals surface area contributed by atoms with E-state index in [0.717, 1.165) is 28.3 Å². The molecule has 9 heteroatoms. The van der Waals surface area contributed by atoms with Crippen LogP contribution >= 0.6 is 11.8 Å². The number of aromatic nitrogens is 4. The number of amides is 2. The van der Waals surface area contributed by atoms with E-state index in [1.165, 1.54) is 23.4 Å². The van der Waals surface area contributed by atoms with Gasteiger partial charge in [-0.1, -0.05) is 12.1 Å². The van der Waals surface area contributed by atoms with Crippen LogP contribution < -0.4 is 0 Å². The van der Waals surface area contributed by atoms with E-state index in [9.17, 15) is 14.0 Å². The van der Waals surface area contributed by atoms with Crippen LogP contribution in [0.15, 0.2) is 66.1 Å². The lowest BCUT2D eigenvalue weighted by atomic mass is 10.1. The van der Waals surface area contributed by atoms with Crippen LogP contribution in [0.5, 0.6) is 0 Å². The molecule has 5 rings (SSSR count). The number of unbranched alkanes of at least 4 members (excludes halogenated alkanes) is 1. The van der Waals surface area contributed by atoms with Gasteiger partial charge in [0.2, 0.25) is 0 Å². The smallest absolute Gasteiger partial charge is 0.261 e. The van der Waals surface area contributed by atoms with E-state index >= 15 is 0 Å². The Morgan fingerprint density at radius 3 is 2.34 bits per heavy atom. The number of carbonyl (C=O) groups excluding carboxylic acids is 2. The molecule has 0 fully saturated rings. The summed E-state index contributed by atoms with van der Waals surface area (Å²) in [5, 5.41) is 6.02. The van der Waals surface area contributed by atoms with Crippen molar-refractivity contribution in [1.29, 1.82) is 0 Å². The molecule has 7 nitrogen and oxygen atoms in total. The molecule has 0 radical (unpaired) electrons. The van der Waals surface area contributed by atoms with Crippen molar-refractivity contribution in [3.63, 3.8) is 0 Å². The largest absolute Gasteiger partial charge is 0.274 e.